The Labute approximate surface area is 187 Å². The molecule has 0 aliphatic rings. The lowest BCUT2D eigenvalue weighted by Gasteiger charge is -2.10. The summed E-state index contributed by atoms with van der Waals surface area (Å²) in [7, 11) is 0. The molecule has 0 unspecified atom stereocenters. The second kappa shape index (κ2) is 21.1. The molecule has 0 fully saturated rings. The van der Waals surface area contributed by atoms with E-state index in [-0.39, 0.29) is 25.6 Å². The normalized spacial score (nSPS) is 14.1. The van der Waals surface area contributed by atoms with Crippen LogP contribution in [0.5, 0.6) is 0 Å². The minimum atomic E-state index is -0.998. The molecule has 0 radical (unpaired) electrons. The summed E-state index contributed by atoms with van der Waals surface area (Å²) in [5, 5.41) is 19.3. The molecule has 6 nitrogen and oxygen atoms in total. The van der Waals surface area contributed by atoms with Gasteiger partial charge in [-0.2, -0.15) is 0 Å². The lowest BCUT2D eigenvalue weighted by molar-refractivity contribution is -0.151. The van der Waals surface area contributed by atoms with Gasteiger partial charge in [0.2, 0.25) is 0 Å². The number of aliphatic hydroxyl groups is 2. The van der Waals surface area contributed by atoms with E-state index in [1.54, 1.807) is 6.08 Å². The quantitative estimate of drug-likeness (QED) is 0.141. The third-order valence-electron chi connectivity index (χ3n) is 4.21. The maximum Gasteiger partial charge on any atom is 0.305 e. The monoisotopic (exact) mass is 436 g/mol. The van der Waals surface area contributed by atoms with E-state index in [9.17, 15) is 19.8 Å². The summed E-state index contributed by atoms with van der Waals surface area (Å²) >= 11 is 0. The van der Waals surface area contributed by atoms with Crippen LogP contribution in [-0.4, -0.2) is 47.6 Å². The first-order valence-corrected chi connectivity index (χ1v) is 11.2. The van der Waals surface area contributed by atoms with E-state index in [0.29, 0.717) is 12.8 Å². The van der Waals surface area contributed by atoms with Gasteiger partial charge in [-0.15, -0.1) is 0 Å². The van der Waals surface area contributed by atoms with Gasteiger partial charge in [0.05, 0.1) is 6.10 Å². The Kier molecular flexibility index (Phi) is 19.6. The number of carbonyl (C=O) groups is 2. The Morgan fingerprint density at radius 2 is 1.58 bits per heavy atom. The summed E-state index contributed by atoms with van der Waals surface area (Å²) in [6.45, 7) is 3.08. The molecule has 0 aromatic carbocycles. The first-order valence-electron chi connectivity index (χ1n) is 11.2. The van der Waals surface area contributed by atoms with Crippen LogP contribution in [0, 0.1) is 0 Å². The van der Waals surface area contributed by atoms with Gasteiger partial charge in [0, 0.05) is 13.3 Å². The largest absolute Gasteiger partial charge is 0.463 e. The lowest BCUT2D eigenvalue weighted by atomic mass is 10.1. The Morgan fingerprint density at radius 1 is 0.871 bits per heavy atom. The molecule has 0 aromatic rings. The van der Waals surface area contributed by atoms with Gasteiger partial charge in [0.25, 0.3) is 0 Å². The number of esters is 2. The number of carbonyl (C=O) groups excluding carboxylic acids is 2. The minimum Gasteiger partial charge on any atom is -0.463 e. The highest BCUT2D eigenvalue weighted by molar-refractivity contribution is 5.69. The van der Waals surface area contributed by atoms with E-state index in [2.05, 4.69) is 17.7 Å². The molecule has 0 aromatic heterocycles. The predicted molar refractivity (Wildman–Crippen MR) is 123 cm³/mol. The van der Waals surface area contributed by atoms with Crippen LogP contribution >= 0.6 is 0 Å². The molecule has 0 amide bonds. The molecule has 0 spiro atoms. The van der Waals surface area contributed by atoms with Crippen molar-refractivity contribution in [1.29, 1.82) is 0 Å². The van der Waals surface area contributed by atoms with Crippen molar-refractivity contribution in [3.8, 4) is 0 Å². The molecule has 0 heterocycles. The van der Waals surface area contributed by atoms with Crippen molar-refractivity contribution >= 4 is 11.9 Å². The van der Waals surface area contributed by atoms with Gasteiger partial charge in [-0.1, -0.05) is 68.4 Å². The van der Waals surface area contributed by atoms with Crippen LogP contribution in [0.25, 0.3) is 0 Å². The van der Waals surface area contributed by atoms with E-state index in [4.69, 9.17) is 4.74 Å². The van der Waals surface area contributed by atoms with E-state index in [1.807, 2.05) is 36.5 Å². The van der Waals surface area contributed by atoms with Crippen LogP contribution < -0.4 is 0 Å². The van der Waals surface area contributed by atoms with Gasteiger partial charge >= 0.3 is 11.9 Å². The molecule has 0 bridgehead atoms. The highest BCUT2D eigenvalue weighted by atomic mass is 16.6. The first kappa shape index (κ1) is 28.8. The SMILES string of the molecule is CCCCC/C=C\C[C@@H](O)/C=C/C=C\C/C=C\CCCC(=O)OC[C@H](O)COC(C)=O. The maximum atomic E-state index is 11.6. The molecule has 0 saturated heterocycles. The van der Waals surface area contributed by atoms with Crippen LogP contribution in [-0.2, 0) is 19.1 Å². The van der Waals surface area contributed by atoms with Crippen molar-refractivity contribution in [2.45, 2.75) is 83.8 Å². The molecule has 2 N–H and O–H groups in total. The zero-order valence-electron chi connectivity index (χ0n) is 19.1. The minimum absolute atomic E-state index is 0.176. The zero-order valence-corrected chi connectivity index (χ0v) is 19.1. The number of allylic oxidation sites excluding steroid dienone is 6. The molecule has 0 saturated carbocycles. The molecule has 0 rings (SSSR count). The van der Waals surface area contributed by atoms with Crippen molar-refractivity contribution < 1.29 is 29.3 Å². The van der Waals surface area contributed by atoms with E-state index < -0.39 is 18.2 Å². The number of aliphatic hydroxyl groups excluding tert-OH is 2. The van der Waals surface area contributed by atoms with E-state index in [0.717, 1.165) is 19.3 Å². The second-order valence-corrected chi connectivity index (χ2v) is 7.32. The van der Waals surface area contributed by atoms with Crippen LogP contribution in [0.2, 0.25) is 0 Å². The molecule has 176 valence electrons. The molecule has 2 atom stereocenters. The fourth-order valence-electron chi connectivity index (χ4n) is 2.47. The Hall–Kier alpha value is -2.18. The summed E-state index contributed by atoms with van der Waals surface area (Å²) < 4.78 is 9.55. The van der Waals surface area contributed by atoms with Gasteiger partial charge in [0.15, 0.2) is 0 Å². The number of rotatable bonds is 18. The topological polar surface area (TPSA) is 93.1 Å². The van der Waals surface area contributed by atoms with Gasteiger partial charge in [-0.3, -0.25) is 9.59 Å². The van der Waals surface area contributed by atoms with E-state index >= 15 is 0 Å². The number of unbranched alkanes of at least 4 members (excludes halogenated alkanes) is 4. The van der Waals surface area contributed by atoms with Crippen LogP contribution in [0.15, 0.2) is 48.6 Å². The highest BCUT2D eigenvalue weighted by Crippen LogP contribution is 2.03. The Bertz CT molecular complexity index is 577. The van der Waals surface area contributed by atoms with Gasteiger partial charge in [-0.25, -0.2) is 0 Å². The molecule has 6 heteroatoms. The molecule has 0 aliphatic heterocycles. The average Bonchev–Trinajstić information content (AvgIpc) is 2.74. The average molecular weight is 437 g/mol. The van der Waals surface area contributed by atoms with Crippen LogP contribution in [0.1, 0.15) is 71.6 Å². The zero-order chi connectivity index (χ0) is 23.2. The molecular weight excluding hydrogens is 396 g/mol. The number of hydrogen-bond acceptors (Lipinski definition) is 6. The lowest BCUT2D eigenvalue weighted by Crippen LogP contribution is -2.24. The Balaban J connectivity index is 3.70. The summed E-state index contributed by atoms with van der Waals surface area (Å²) in [6, 6.07) is 0. The molecular formula is C25H40O6. The second-order valence-electron chi connectivity index (χ2n) is 7.32. The standard InChI is InChI=1S/C25H40O6/c1-3-4-5-6-11-14-17-23(27)18-15-12-9-7-8-10-13-16-19-25(29)31-21-24(28)20-30-22(2)26/h8-12,14-15,18,23-24,27-28H,3-7,13,16-17,19-21H2,1-2H3/b10-8-,12-9-,14-11-,18-15+/t23-,24-/m1/s1. The number of ether oxygens (including phenoxy) is 2. The molecule has 0 aliphatic carbocycles. The Morgan fingerprint density at radius 3 is 2.32 bits per heavy atom. The van der Waals surface area contributed by atoms with E-state index in [1.165, 1.54) is 26.2 Å². The third kappa shape index (κ3) is 22.3. The highest BCUT2D eigenvalue weighted by Gasteiger charge is 2.09. The van der Waals surface area contributed by atoms with Crippen molar-refractivity contribution in [3.63, 3.8) is 0 Å². The fraction of sp³-hybridized carbons (Fsp3) is 0.600. The first-order chi connectivity index (χ1) is 15.0. The summed E-state index contributed by atoms with van der Waals surface area (Å²) in [5.41, 5.74) is 0. The fourth-order valence-corrected chi connectivity index (χ4v) is 2.47. The summed E-state index contributed by atoms with van der Waals surface area (Å²) in [5.74, 6) is -0.865. The van der Waals surface area contributed by atoms with Crippen molar-refractivity contribution in [2.75, 3.05) is 13.2 Å². The predicted octanol–water partition coefficient (Wildman–Crippen LogP) is 4.57. The third-order valence-corrected chi connectivity index (χ3v) is 4.21. The summed E-state index contributed by atoms with van der Waals surface area (Å²) in [6.07, 6.45) is 22.2. The molecule has 31 heavy (non-hydrogen) atoms. The summed E-state index contributed by atoms with van der Waals surface area (Å²) in [4.78, 5) is 22.2. The van der Waals surface area contributed by atoms with Gasteiger partial charge in [-0.05, 0) is 38.5 Å². The van der Waals surface area contributed by atoms with Gasteiger partial charge < -0.3 is 19.7 Å². The van der Waals surface area contributed by atoms with Crippen molar-refractivity contribution in [1.82, 2.24) is 0 Å². The van der Waals surface area contributed by atoms with Crippen LogP contribution in [0.3, 0.4) is 0 Å². The smallest absolute Gasteiger partial charge is 0.305 e. The number of hydrogen-bond donors (Lipinski definition) is 2. The van der Waals surface area contributed by atoms with Crippen molar-refractivity contribution in [2.24, 2.45) is 0 Å². The van der Waals surface area contributed by atoms with Crippen molar-refractivity contribution in [3.05, 3.63) is 48.6 Å². The van der Waals surface area contributed by atoms with Crippen LogP contribution in [0.4, 0.5) is 0 Å². The van der Waals surface area contributed by atoms with Gasteiger partial charge in [0.1, 0.15) is 19.3 Å². The maximum absolute atomic E-state index is 11.6.